The van der Waals surface area contributed by atoms with Crippen molar-refractivity contribution in [2.24, 2.45) is 5.92 Å². The third-order valence-electron chi connectivity index (χ3n) is 3.73. The van der Waals surface area contributed by atoms with Gasteiger partial charge in [-0.3, -0.25) is 4.79 Å². The number of methoxy groups -OCH3 is 1. The molecule has 0 spiro atoms. The van der Waals surface area contributed by atoms with Gasteiger partial charge in [0.15, 0.2) is 0 Å². The Balaban J connectivity index is 2.36. The van der Waals surface area contributed by atoms with E-state index < -0.39 is 5.97 Å². The molecule has 1 aromatic carbocycles. The zero-order valence-electron chi connectivity index (χ0n) is 11.0. The Hall–Kier alpha value is -1.51. The molecule has 0 saturated heterocycles. The fraction of sp³-hybridized carbons (Fsp3) is 0.533. The number of carbonyl (C=O) groups is 1. The Morgan fingerprint density at radius 1 is 1.50 bits per heavy atom. The van der Waals surface area contributed by atoms with Crippen molar-refractivity contribution in [3.63, 3.8) is 0 Å². The van der Waals surface area contributed by atoms with Gasteiger partial charge in [-0.15, -0.1) is 0 Å². The van der Waals surface area contributed by atoms with Crippen molar-refractivity contribution in [3.05, 3.63) is 29.3 Å². The Morgan fingerprint density at radius 2 is 2.22 bits per heavy atom. The van der Waals surface area contributed by atoms with Crippen LogP contribution in [-0.4, -0.2) is 18.2 Å². The van der Waals surface area contributed by atoms with Gasteiger partial charge < -0.3 is 9.84 Å². The number of aliphatic carboxylic acids is 1. The summed E-state index contributed by atoms with van der Waals surface area (Å²) in [5.41, 5.74) is 2.33. The smallest absolute Gasteiger partial charge is 0.303 e. The van der Waals surface area contributed by atoms with Crippen molar-refractivity contribution in [2.45, 2.75) is 38.5 Å². The van der Waals surface area contributed by atoms with Crippen LogP contribution in [0.5, 0.6) is 5.75 Å². The SMILES string of the molecule is CCc1c(OC)cccc1C(CC(=O)O)C1CC1. The molecule has 18 heavy (non-hydrogen) atoms. The van der Waals surface area contributed by atoms with E-state index in [1.54, 1.807) is 7.11 Å². The Labute approximate surface area is 108 Å². The van der Waals surface area contributed by atoms with Gasteiger partial charge in [0, 0.05) is 0 Å². The number of carboxylic acid groups (broad SMARTS) is 1. The molecule has 1 fully saturated rings. The zero-order chi connectivity index (χ0) is 13.1. The maximum Gasteiger partial charge on any atom is 0.303 e. The van der Waals surface area contributed by atoms with E-state index in [-0.39, 0.29) is 12.3 Å². The van der Waals surface area contributed by atoms with E-state index >= 15 is 0 Å². The molecule has 0 aromatic heterocycles. The van der Waals surface area contributed by atoms with Gasteiger partial charge in [0.05, 0.1) is 13.5 Å². The van der Waals surface area contributed by atoms with Gasteiger partial charge >= 0.3 is 5.97 Å². The van der Waals surface area contributed by atoms with Gasteiger partial charge in [-0.2, -0.15) is 0 Å². The molecule has 1 aliphatic rings. The lowest BCUT2D eigenvalue weighted by Gasteiger charge is -2.20. The number of hydrogen-bond donors (Lipinski definition) is 1. The molecule has 1 aromatic rings. The molecule has 0 radical (unpaired) electrons. The monoisotopic (exact) mass is 248 g/mol. The third kappa shape index (κ3) is 2.66. The second kappa shape index (κ2) is 5.42. The fourth-order valence-electron chi connectivity index (χ4n) is 2.72. The standard InChI is InChI=1S/C15H20O3/c1-3-11-12(5-4-6-14(11)18-2)13(9-15(16)17)10-7-8-10/h4-6,10,13H,3,7-9H2,1-2H3,(H,16,17). The summed E-state index contributed by atoms with van der Waals surface area (Å²) in [6, 6.07) is 5.98. The molecule has 3 heteroatoms. The highest BCUT2D eigenvalue weighted by Crippen LogP contribution is 2.46. The van der Waals surface area contributed by atoms with E-state index in [4.69, 9.17) is 9.84 Å². The predicted molar refractivity (Wildman–Crippen MR) is 70.1 cm³/mol. The van der Waals surface area contributed by atoms with Crippen molar-refractivity contribution in [1.82, 2.24) is 0 Å². The highest BCUT2D eigenvalue weighted by Gasteiger charge is 2.35. The van der Waals surface area contributed by atoms with Crippen LogP contribution in [-0.2, 0) is 11.2 Å². The normalized spacial score (nSPS) is 16.3. The maximum atomic E-state index is 11.0. The molecule has 1 aliphatic carbocycles. The maximum absolute atomic E-state index is 11.0. The van der Waals surface area contributed by atoms with Gasteiger partial charge in [-0.1, -0.05) is 19.1 Å². The lowest BCUT2D eigenvalue weighted by atomic mass is 9.86. The first-order valence-corrected chi connectivity index (χ1v) is 6.55. The summed E-state index contributed by atoms with van der Waals surface area (Å²) in [4.78, 5) is 11.0. The zero-order valence-corrected chi connectivity index (χ0v) is 11.0. The Kier molecular flexibility index (Phi) is 3.90. The first kappa shape index (κ1) is 12.9. The fourth-order valence-corrected chi connectivity index (χ4v) is 2.72. The van der Waals surface area contributed by atoms with Crippen LogP contribution < -0.4 is 4.74 Å². The molecule has 2 rings (SSSR count). The minimum Gasteiger partial charge on any atom is -0.496 e. The Bertz CT molecular complexity index is 435. The lowest BCUT2D eigenvalue weighted by Crippen LogP contribution is -2.11. The molecule has 0 heterocycles. The summed E-state index contributed by atoms with van der Waals surface area (Å²) >= 11 is 0. The predicted octanol–water partition coefficient (Wildman–Crippen LogP) is 3.23. The van der Waals surface area contributed by atoms with Gasteiger partial charge in [-0.05, 0) is 48.3 Å². The third-order valence-corrected chi connectivity index (χ3v) is 3.73. The van der Waals surface area contributed by atoms with Crippen LogP contribution in [0.15, 0.2) is 18.2 Å². The Morgan fingerprint density at radius 3 is 2.72 bits per heavy atom. The van der Waals surface area contributed by atoms with Crippen LogP contribution in [0.1, 0.15) is 43.2 Å². The van der Waals surface area contributed by atoms with Crippen molar-refractivity contribution < 1.29 is 14.6 Å². The minimum absolute atomic E-state index is 0.146. The van der Waals surface area contributed by atoms with E-state index in [1.165, 1.54) is 5.56 Å². The van der Waals surface area contributed by atoms with E-state index in [2.05, 4.69) is 13.0 Å². The molecule has 1 N–H and O–H groups in total. The number of carboxylic acids is 1. The van der Waals surface area contributed by atoms with Crippen molar-refractivity contribution in [2.75, 3.05) is 7.11 Å². The van der Waals surface area contributed by atoms with Crippen molar-refractivity contribution in [3.8, 4) is 5.75 Å². The summed E-state index contributed by atoms with van der Waals surface area (Å²) in [7, 11) is 1.67. The quantitative estimate of drug-likeness (QED) is 0.840. The molecule has 1 unspecified atom stereocenters. The minimum atomic E-state index is -0.711. The van der Waals surface area contributed by atoms with Crippen LogP contribution in [0, 0.1) is 5.92 Å². The average Bonchev–Trinajstić information content (AvgIpc) is 3.18. The molecule has 98 valence electrons. The lowest BCUT2D eigenvalue weighted by molar-refractivity contribution is -0.137. The van der Waals surface area contributed by atoms with Gasteiger partial charge in [0.2, 0.25) is 0 Å². The summed E-state index contributed by atoms with van der Waals surface area (Å²) in [6.07, 6.45) is 3.41. The molecule has 1 saturated carbocycles. The first-order chi connectivity index (χ1) is 8.67. The van der Waals surface area contributed by atoms with Crippen LogP contribution in [0.25, 0.3) is 0 Å². The second-order valence-electron chi connectivity index (χ2n) is 4.92. The number of hydrogen-bond acceptors (Lipinski definition) is 2. The highest BCUT2D eigenvalue weighted by molar-refractivity contribution is 5.68. The van der Waals surface area contributed by atoms with E-state index in [9.17, 15) is 4.79 Å². The van der Waals surface area contributed by atoms with Gasteiger partial charge in [0.1, 0.15) is 5.75 Å². The molecule has 1 atom stereocenters. The molecule has 3 nitrogen and oxygen atoms in total. The first-order valence-electron chi connectivity index (χ1n) is 6.55. The molecule has 0 bridgehead atoms. The number of benzene rings is 1. The topological polar surface area (TPSA) is 46.5 Å². The largest absolute Gasteiger partial charge is 0.496 e. The number of ether oxygens (including phenoxy) is 1. The summed E-state index contributed by atoms with van der Waals surface area (Å²) in [5, 5.41) is 9.08. The summed E-state index contributed by atoms with van der Waals surface area (Å²) < 4.78 is 5.38. The van der Waals surface area contributed by atoms with E-state index in [1.807, 2.05) is 12.1 Å². The van der Waals surface area contributed by atoms with Crippen LogP contribution in [0.3, 0.4) is 0 Å². The number of rotatable bonds is 6. The summed E-state index contributed by atoms with van der Waals surface area (Å²) in [5.74, 6) is 0.855. The van der Waals surface area contributed by atoms with Crippen molar-refractivity contribution >= 4 is 5.97 Å². The van der Waals surface area contributed by atoms with Gasteiger partial charge in [0.25, 0.3) is 0 Å². The van der Waals surface area contributed by atoms with E-state index in [0.717, 1.165) is 30.6 Å². The van der Waals surface area contributed by atoms with Gasteiger partial charge in [-0.25, -0.2) is 0 Å². The van der Waals surface area contributed by atoms with Crippen LogP contribution in [0.4, 0.5) is 0 Å². The highest BCUT2D eigenvalue weighted by atomic mass is 16.5. The molecular formula is C15H20O3. The van der Waals surface area contributed by atoms with Crippen LogP contribution >= 0.6 is 0 Å². The summed E-state index contributed by atoms with van der Waals surface area (Å²) in [6.45, 7) is 2.09. The molecule has 0 amide bonds. The average molecular weight is 248 g/mol. The van der Waals surface area contributed by atoms with Crippen LogP contribution in [0.2, 0.25) is 0 Å². The molecule has 0 aliphatic heterocycles. The van der Waals surface area contributed by atoms with E-state index in [0.29, 0.717) is 5.92 Å². The second-order valence-corrected chi connectivity index (χ2v) is 4.92. The van der Waals surface area contributed by atoms with Crippen molar-refractivity contribution in [1.29, 1.82) is 0 Å². The molecular weight excluding hydrogens is 228 g/mol.